The molecule has 1 fully saturated rings. The lowest BCUT2D eigenvalue weighted by Gasteiger charge is -2.13. The molecule has 126 valence electrons. The fourth-order valence-electron chi connectivity index (χ4n) is 1.81. The van der Waals surface area contributed by atoms with Crippen LogP contribution in [0.5, 0.6) is 0 Å². The molecule has 1 aromatic carbocycles. The highest BCUT2D eigenvalue weighted by Gasteiger charge is 2.30. The normalized spacial score (nSPS) is 15.3. The molecule has 23 heavy (non-hydrogen) atoms. The number of nitrogens with zero attached hydrogens (tertiary/aromatic N) is 1. The van der Waals surface area contributed by atoms with Crippen LogP contribution in [0.15, 0.2) is 34.1 Å². The Hall–Kier alpha value is -2.18. The molecule has 1 aliphatic heterocycles. The quantitative estimate of drug-likeness (QED) is 0.684. The summed E-state index contributed by atoms with van der Waals surface area (Å²) in [5.74, 6) is 0. The number of carbonyl (C=O) groups is 2. The van der Waals surface area contributed by atoms with Gasteiger partial charge in [-0.3, -0.25) is 0 Å². The molecule has 0 aliphatic carbocycles. The molecule has 1 saturated heterocycles. The molecule has 1 heterocycles. The van der Waals surface area contributed by atoms with Gasteiger partial charge in [0.25, 0.3) is 10.0 Å². The van der Waals surface area contributed by atoms with Crippen molar-refractivity contribution in [3.63, 3.8) is 0 Å². The van der Waals surface area contributed by atoms with Crippen LogP contribution < -0.4 is 10.2 Å². The second-order valence-corrected chi connectivity index (χ2v) is 8.15. The Kier molecular flexibility index (Phi) is 4.58. The second-order valence-electron chi connectivity index (χ2n) is 4.56. The number of urea groups is 1. The van der Waals surface area contributed by atoms with Gasteiger partial charge in [-0.25, -0.2) is 31.3 Å². The number of hydrogen-bond donors (Lipinski definition) is 2. The molecule has 0 atom stereocenters. The average molecular weight is 363 g/mol. The number of imide groups is 1. The highest BCUT2D eigenvalue weighted by Crippen LogP contribution is 2.20. The van der Waals surface area contributed by atoms with Gasteiger partial charge in [0.1, 0.15) is 4.90 Å². The van der Waals surface area contributed by atoms with Crippen molar-refractivity contribution < 1.29 is 31.3 Å². The lowest BCUT2D eigenvalue weighted by atomic mass is 10.4. The fourth-order valence-corrected chi connectivity index (χ4v) is 4.22. The van der Waals surface area contributed by atoms with E-state index in [1.165, 1.54) is 17.0 Å². The van der Waals surface area contributed by atoms with Gasteiger partial charge >= 0.3 is 12.1 Å². The molecule has 0 spiro atoms. The summed E-state index contributed by atoms with van der Waals surface area (Å²) < 4.78 is 47.5. The minimum atomic E-state index is -4.45. The highest BCUT2D eigenvalue weighted by molar-refractivity contribution is 7.93. The maximum atomic E-state index is 12.1. The number of hydrogen-bond acceptors (Lipinski definition) is 7. The summed E-state index contributed by atoms with van der Waals surface area (Å²) in [4.78, 5) is 28.4. The summed E-state index contributed by atoms with van der Waals surface area (Å²) >= 11 is 0. The van der Waals surface area contributed by atoms with Crippen LogP contribution in [-0.2, 0) is 24.7 Å². The van der Waals surface area contributed by atoms with E-state index in [4.69, 9.17) is 0 Å². The minimum Gasteiger partial charge on any atom is -0.338 e. The first-order chi connectivity index (χ1) is 10.6. The number of carbonyl (C=O) groups excluding carboxylic acids is 2. The van der Waals surface area contributed by atoms with Gasteiger partial charge < -0.3 is 10.2 Å². The van der Waals surface area contributed by atoms with E-state index in [0.29, 0.717) is 4.90 Å². The van der Waals surface area contributed by atoms with E-state index in [-0.39, 0.29) is 13.1 Å². The molecule has 1 aromatic rings. The Morgan fingerprint density at radius 3 is 2.35 bits per heavy atom. The molecule has 12 heteroatoms. The molecule has 0 unspecified atom stereocenters. The molecule has 0 radical (unpaired) electrons. The van der Waals surface area contributed by atoms with Crippen LogP contribution in [0.25, 0.3) is 0 Å². The van der Waals surface area contributed by atoms with Crippen molar-refractivity contribution in [1.29, 1.82) is 0 Å². The average Bonchev–Trinajstić information content (AvgIpc) is 2.90. The summed E-state index contributed by atoms with van der Waals surface area (Å²) in [7, 11) is -8.26. The van der Waals surface area contributed by atoms with E-state index in [1.54, 1.807) is 0 Å². The van der Waals surface area contributed by atoms with Crippen LogP contribution in [0.1, 0.15) is 0 Å². The second kappa shape index (κ2) is 6.14. The third kappa shape index (κ3) is 3.78. The predicted octanol–water partition coefficient (Wildman–Crippen LogP) is -0.555. The van der Waals surface area contributed by atoms with E-state index in [1.807, 2.05) is 0 Å². The van der Waals surface area contributed by atoms with E-state index in [0.717, 1.165) is 18.4 Å². The first-order valence-electron chi connectivity index (χ1n) is 6.20. The molecule has 0 saturated carbocycles. The fraction of sp³-hybridized carbons (Fsp3) is 0.273. The Morgan fingerprint density at radius 2 is 1.83 bits per heavy atom. The summed E-state index contributed by atoms with van der Waals surface area (Å²) in [5.41, 5.74) is 0. The van der Waals surface area contributed by atoms with E-state index < -0.39 is 41.8 Å². The topological polar surface area (TPSA) is 139 Å². The molecule has 3 amide bonds. The molecule has 1 aliphatic rings. The summed E-state index contributed by atoms with van der Waals surface area (Å²) in [5, 5.41) is 2.34. The smallest absolute Gasteiger partial charge is 0.338 e. The van der Waals surface area contributed by atoms with Gasteiger partial charge in [0.05, 0.1) is 11.4 Å². The molecular weight excluding hydrogens is 350 g/mol. The van der Waals surface area contributed by atoms with Gasteiger partial charge in [0.2, 0.25) is 0 Å². The predicted molar refractivity (Wildman–Crippen MR) is 76.5 cm³/mol. The number of rotatable bonds is 4. The maximum absolute atomic E-state index is 12.1. The Bertz CT molecular complexity index is 848. The SMILES string of the molecule is CS(=O)(=O)c1ccccc1S(=O)(=O)NOC(=O)N1CCNC1=O. The summed E-state index contributed by atoms with van der Waals surface area (Å²) in [6.07, 6.45) is -0.373. The van der Waals surface area contributed by atoms with Gasteiger partial charge in [0.15, 0.2) is 9.84 Å². The molecule has 0 aromatic heterocycles. The molecule has 2 rings (SSSR count). The summed E-state index contributed by atoms with van der Waals surface area (Å²) in [6, 6.07) is 4.12. The van der Waals surface area contributed by atoms with Gasteiger partial charge in [0, 0.05) is 12.8 Å². The van der Waals surface area contributed by atoms with Crippen LogP contribution in [0.4, 0.5) is 9.59 Å². The number of benzene rings is 1. The monoisotopic (exact) mass is 363 g/mol. The first kappa shape index (κ1) is 17.2. The van der Waals surface area contributed by atoms with Gasteiger partial charge in [-0.05, 0) is 17.0 Å². The zero-order chi connectivity index (χ0) is 17.3. The van der Waals surface area contributed by atoms with E-state index in [2.05, 4.69) is 10.2 Å². The van der Waals surface area contributed by atoms with E-state index in [9.17, 15) is 26.4 Å². The van der Waals surface area contributed by atoms with Crippen LogP contribution in [0.2, 0.25) is 0 Å². The van der Waals surface area contributed by atoms with Crippen LogP contribution in [0.3, 0.4) is 0 Å². The summed E-state index contributed by atoms with van der Waals surface area (Å²) in [6.45, 7) is 0.247. The van der Waals surface area contributed by atoms with Crippen LogP contribution in [-0.4, -0.2) is 53.2 Å². The zero-order valence-corrected chi connectivity index (χ0v) is 13.5. The third-order valence-electron chi connectivity index (χ3n) is 2.85. The van der Waals surface area contributed by atoms with Crippen molar-refractivity contribution in [3.05, 3.63) is 24.3 Å². The Morgan fingerprint density at radius 1 is 1.22 bits per heavy atom. The number of sulfone groups is 1. The van der Waals surface area contributed by atoms with Crippen molar-refractivity contribution in [3.8, 4) is 0 Å². The van der Waals surface area contributed by atoms with Gasteiger partial charge in [-0.2, -0.15) is 0 Å². The standard InChI is InChI=1S/C11H13N3O7S2/c1-22(17,18)8-4-2-3-5-9(8)23(19,20)13-21-11(16)14-7-6-12-10(14)15/h2-5,13H,6-7H2,1H3,(H,12,15). The first-order valence-corrected chi connectivity index (χ1v) is 9.57. The zero-order valence-electron chi connectivity index (χ0n) is 11.8. The Balaban J connectivity index is 2.20. The maximum Gasteiger partial charge on any atom is 0.437 e. The Labute approximate surface area is 132 Å². The minimum absolute atomic E-state index is 0.0271. The van der Waals surface area contributed by atoms with Crippen LogP contribution in [0, 0.1) is 0 Å². The number of sulfonamides is 1. The number of nitrogens with one attached hydrogen (secondary N) is 2. The van der Waals surface area contributed by atoms with Crippen molar-refractivity contribution >= 4 is 32.0 Å². The molecule has 2 N–H and O–H groups in total. The van der Waals surface area contributed by atoms with E-state index >= 15 is 0 Å². The van der Waals surface area contributed by atoms with Crippen molar-refractivity contribution in [2.45, 2.75) is 9.79 Å². The van der Waals surface area contributed by atoms with Crippen molar-refractivity contribution in [1.82, 2.24) is 15.1 Å². The van der Waals surface area contributed by atoms with Crippen molar-refractivity contribution in [2.75, 3.05) is 19.3 Å². The van der Waals surface area contributed by atoms with Crippen molar-refractivity contribution in [2.24, 2.45) is 0 Å². The lowest BCUT2D eigenvalue weighted by molar-refractivity contribution is 0.0973. The largest absolute Gasteiger partial charge is 0.437 e. The van der Waals surface area contributed by atoms with Gasteiger partial charge in [-0.15, -0.1) is 0 Å². The molecule has 0 bridgehead atoms. The van der Waals surface area contributed by atoms with Crippen LogP contribution >= 0.6 is 0 Å². The highest BCUT2D eigenvalue weighted by atomic mass is 32.2. The van der Waals surface area contributed by atoms with Gasteiger partial charge in [-0.1, -0.05) is 12.1 Å². The molecular formula is C11H13N3O7S2. The third-order valence-corrected chi connectivity index (χ3v) is 5.38. The molecule has 10 nitrogen and oxygen atoms in total. The lowest BCUT2D eigenvalue weighted by Crippen LogP contribution is -2.39. The number of amides is 3.